The van der Waals surface area contributed by atoms with E-state index in [9.17, 15) is 24.0 Å². The first-order valence-corrected chi connectivity index (χ1v) is 5.53. The number of carbonyl (C=O) groups excluding carboxylic acids is 5. The largest absolute Gasteiger partial charge is 0.332 e. The van der Waals surface area contributed by atoms with Crippen LogP contribution >= 0.6 is 0 Å². The summed E-state index contributed by atoms with van der Waals surface area (Å²) in [6, 6.07) is 3.43. The molecule has 0 aromatic heterocycles. The highest BCUT2D eigenvalue weighted by Gasteiger charge is 2.35. The van der Waals surface area contributed by atoms with Crippen LogP contribution in [0.1, 0.15) is 20.7 Å². The summed E-state index contributed by atoms with van der Waals surface area (Å²) in [5.74, 6) is -2.64. The van der Waals surface area contributed by atoms with Crippen molar-refractivity contribution in [3.05, 3.63) is 35.4 Å². The lowest BCUT2D eigenvalue weighted by Crippen LogP contribution is -2.64. The van der Waals surface area contributed by atoms with Gasteiger partial charge >= 0.3 is 6.03 Å². The molecule has 3 N–H and O–H groups in total. The lowest BCUT2D eigenvalue weighted by Gasteiger charge is -2.21. The van der Waals surface area contributed by atoms with Crippen molar-refractivity contribution in [2.75, 3.05) is 0 Å². The fourth-order valence-corrected chi connectivity index (χ4v) is 1.66. The van der Waals surface area contributed by atoms with Gasteiger partial charge in [-0.05, 0) is 6.07 Å². The summed E-state index contributed by atoms with van der Waals surface area (Å²) in [7, 11) is 0. The SMILES string of the molecule is O=Cc1ccccc1C(=O)NC1C(=O)NC(=O)NC1=O. The number of urea groups is 1. The molecule has 1 fully saturated rings. The fraction of sp³-hybridized carbons (Fsp3) is 0.0833. The van der Waals surface area contributed by atoms with Gasteiger partial charge in [0.05, 0.1) is 0 Å². The van der Waals surface area contributed by atoms with E-state index in [0.29, 0.717) is 6.29 Å². The lowest BCUT2D eigenvalue weighted by molar-refractivity contribution is -0.132. The molecule has 1 heterocycles. The van der Waals surface area contributed by atoms with Crippen LogP contribution < -0.4 is 16.0 Å². The van der Waals surface area contributed by atoms with Crippen LogP contribution in [-0.4, -0.2) is 36.1 Å². The zero-order chi connectivity index (χ0) is 14.7. The van der Waals surface area contributed by atoms with Crippen molar-refractivity contribution < 1.29 is 24.0 Å². The zero-order valence-corrected chi connectivity index (χ0v) is 10.0. The van der Waals surface area contributed by atoms with E-state index in [4.69, 9.17) is 0 Å². The van der Waals surface area contributed by atoms with Crippen molar-refractivity contribution in [2.24, 2.45) is 0 Å². The van der Waals surface area contributed by atoms with Gasteiger partial charge in [-0.1, -0.05) is 18.2 Å². The van der Waals surface area contributed by atoms with Gasteiger partial charge < -0.3 is 5.32 Å². The molecule has 1 aromatic rings. The van der Waals surface area contributed by atoms with E-state index >= 15 is 0 Å². The molecule has 0 radical (unpaired) electrons. The number of nitrogens with one attached hydrogen (secondary N) is 3. The Balaban J connectivity index is 2.19. The maximum Gasteiger partial charge on any atom is 0.328 e. The molecule has 102 valence electrons. The minimum Gasteiger partial charge on any atom is -0.332 e. The predicted octanol–water partition coefficient (Wildman–Crippen LogP) is -1.04. The molecule has 0 unspecified atom stereocenters. The van der Waals surface area contributed by atoms with Crippen LogP contribution in [0.4, 0.5) is 4.79 Å². The third-order valence-corrected chi connectivity index (χ3v) is 2.61. The molecule has 0 bridgehead atoms. The Morgan fingerprint density at radius 2 is 1.70 bits per heavy atom. The second-order valence-electron chi connectivity index (χ2n) is 3.92. The van der Waals surface area contributed by atoms with E-state index in [1.165, 1.54) is 18.2 Å². The van der Waals surface area contributed by atoms with Crippen LogP contribution in [0.15, 0.2) is 24.3 Å². The minimum atomic E-state index is -1.53. The second kappa shape index (κ2) is 5.31. The second-order valence-corrected chi connectivity index (χ2v) is 3.92. The number of barbiturate groups is 1. The Hall–Kier alpha value is -3.03. The Bertz CT molecular complexity index is 605. The lowest BCUT2D eigenvalue weighted by atomic mass is 10.1. The van der Waals surface area contributed by atoms with E-state index in [-0.39, 0.29) is 11.1 Å². The maximum absolute atomic E-state index is 12.0. The monoisotopic (exact) mass is 275 g/mol. The third kappa shape index (κ3) is 2.53. The highest BCUT2D eigenvalue weighted by molar-refractivity contribution is 6.20. The van der Waals surface area contributed by atoms with Gasteiger partial charge in [0, 0.05) is 11.1 Å². The van der Waals surface area contributed by atoms with Crippen LogP contribution in [0.2, 0.25) is 0 Å². The van der Waals surface area contributed by atoms with Gasteiger partial charge in [0.2, 0.25) is 0 Å². The summed E-state index contributed by atoms with van der Waals surface area (Å²) >= 11 is 0. The summed E-state index contributed by atoms with van der Waals surface area (Å²) in [5.41, 5.74) is 0.151. The summed E-state index contributed by atoms with van der Waals surface area (Å²) in [4.78, 5) is 56.5. The van der Waals surface area contributed by atoms with Crippen molar-refractivity contribution >= 4 is 30.0 Å². The van der Waals surface area contributed by atoms with E-state index in [1.54, 1.807) is 6.07 Å². The van der Waals surface area contributed by atoms with E-state index in [1.807, 2.05) is 10.6 Å². The average molecular weight is 275 g/mol. The molecule has 8 nitrogen and oxygen atoms in total. The van der Waals surface area contributed by atoms with E-state index < -0.39 is 29.8 Å². The van der Waals surface area contributed by atoms with Gasteiger partial charge in [-0.2, -0.15) is 0 Å². The van der Waals surface area contributed by atoms with Gasteiger partial charge in [-0.3, -0.25) is 29.8 Å². The average Bonchev–Trinajstić information content (AvgIpc) is 2.42. The van der Waals surface area contributed by atoms with E-state index in [0.717, 1.165) is 0 Å². The first-order valence-electron chi connectivity index (χ1n) is 5.53. The number of carbonyl (C=O) groups is 5. The molecular weight excluding hydrogens is 266 g/mol. The van der Waals surface area contributed by atoms with Gasteiger partial charge in [0.15, 0.2) is 12.3 Å². The fourth-order valence-electron chi connectivity index (χ4n) is 1.66. The number of imide groups is 2. The number of aldehydes is 1. The normalized spacial score (nSPS) is 15.3. The van der Waals surface area contributed by atoms with Crippen LogP contribution in [0.5, 0.6) is 0 Å². The highest BCUT2D eigenvalue weighted by Crippen LogP contribution is 2.06. The van der Waals surface area contributed by atoms with E-state index in [2.05, 4.69) is 5.32 Å². The Labute approximate surface area is 112 Å². The van der Waals surface area contributed by atoms with Crippen molar-refractivity contribution in [2.45, 2.75) is 6.04 Å². The maximum atomic E-state index is 12.0. The standard InChI is InChI=1S/C12H9N3O5/c16-5-6-3-1-2-4-7(6)9(17)13-8-10(18)14-12(20)15-11(8)19/h1-5,8H,(H,13,17)(H2,14,15,18,19,20). The van der Waals surface area contributed by atoms with Crippen LogP contribution in [0.25, 0.3) is 0 Å². The van der Waals surface area contributed by atoms with Crippen LogP contribution in [-0.2, 0) is 9.59 Å². The predicted molar refractivity (Wildman–Crippen MR) is 64.8 cm³/mol. The molecule has 1 saturated heterocycles. The van der Waals surface area contributed by atoms with Crippen molar-refractivity contribution in [1.82, 2.24) is 16.0 Å². The number of benzene rings is 1. The first kappa shape index (κ1) is 13.4. The zero-order valence-electron chi connectivity index (χ0n) is 10.0. The quantitative estimate of drug-likeness (QED) is 0.480. The molecule has 8 heteroatoms. The highest BCUT2D eigenvalue weighted by atomic mass is 16.2. The number of hydrogen-bond donors (Lipinski definition) is 3. The molecule has 1 aromatic carbocycles. The Morgan fingerprint density at radius 1 is 1.10 bits per heavy atom. The molecule has 0 spiro atoms. The van der Waals surface area contributed by atoms with Gasteiger partial charge in [0.25, 0.3) is 17.7 Å². The summed E-state index contributed by atoms with van der Waals surface area (Å²) in [5, 5.41) is 5.86. The summed E-state index contributed by atoms with van der Waals surface area (Å²) < 4.78 is 0. The molecule has 0 atom stereocenters. The Morgan fingerprint density at radius 3 is 2.30 bits per heavy atom. The van der Waals surface area contributed by atoms with Crippen LogP contribution in [0.3, 0.4) is 0 Å². The van der Waals surface area contributed by atoms with Gasteiger partial charge in [0.1, 0.15) is 0 Å². The molecular formula is C12H9N3O5. The van der Waals surface area contributed by atoms with Crippen molar-refractivity contribution in [3.8, 4) is 0 Å². The van der Waals surface area contributed by atoms with Gasteiger partial charge in [-0.15, -0.1) is 0 Å². The third-order valence-electron chi connectivity index (χ3n) is 2.61. The molecule has 0 saturated carbocycles. The molecule has 1 aliphatic rings. The first-order chi connectivity index (χ1) is 9.52. The smallest absolute Gasteiger partial charge is 0.328 e. The number of rotatable bonds is 3. The Kier molecular flexibility index (Phi) is 3.56. The van der Waals surface area contributed by atoms with Crippen molar-refractivity contribution in [3.63, 3.8) is 0 Å². The minimum absolute atomic E-state index is 0.0278. The molecule has 20 heavy (non-hydrogen) atoms. The molecule has 0 aliphatic carbocycles. The summed E-state index contributed by atoms with van der Waals surface area (Å²) in [6.07, 6.45) is 0.486. The summed E-state index contributed by atoms with van der Waals surface area (Å²) in [6.45, 7) is 0. The molecule has 5 amide bonds. The molecule has 2 rings (SSSR count). The van der Waals surface area contributed by atoms with Gasteiger partial charge in [-0.25, -0.2) is 4.79 Å². The topological polar surface area (TPSA) is 121 Å². The van der Waals surface area contributed by atoms with Crippen molar-refractivity contribution in [1.29, 1.82) is 0 Å². The number of hydrogen-bond acceptors (Lipinski definition) is 5. The molecule has 1 aliphatic heterocycles. The van der Waals surface area contributed by atoms with Crippen LogP contribution in [0, 0.1) is 0 Å². The number of amides is 5.